The number of amides is 1. The first-order chi connectivity index (χ1) is 15.2. The van der Waals surface area contributed by atoms with Crippen molar-refractivity contribution in [2.75, 3.05) is 13.1 Å². The lowest BCUT2D eigenvalue weighted by Gasteiger charge is -2.31. The van der Waals surface area contributed by atoms with Crippen molar-refractivity contribution in [2.24, 2.45) is 0 Å². The molecule has 1 amide bonds. The number of hydrogen-bond donors (Lipinski definition) is 0. The quantitative estimate of drug-likeness (QED) is 0.504. The summed E-state index contributed by atoms with van der Waals surface area (Å²) in [5.74, 6) is 0.942. The Hall–Kier alpha value is -3.88. The molecule has 5 rings (SSSR count). The minimum atomic E-state index is -0.356. The smallest absolute Gasteiger partial charge is 0.255 e. The molecule has 0 aliphatic carbocycles. The monoisotopic (exact) mass is 418 g/mol. The van der Waals surface area contributed by atoms with Crippen LogP contribution in [0.4, 0.5) is 4.39 Å². The average molecular weight is 418 g/mol. The van der Waals surface area contributed by atoms with E-state index in [1.54, 1.807) is 52.4 Å². The van der Waals surface area contributed by atoms with Crippen LogP contribution in [0, 0.1) is 5.82 Å². The molecule has 156 valence electrons. The Labute approximate surface area is 177 Å². The number of carbonyl (C=O) groups excluding carboxylic acids is 1. The van der Waals surface area contributed by atoms with E-state index in [1.807, 2.05) is 6.07 Å². The van der Waals surface area contributed by atoms with E-state index in [-0.39, 0.29) is 17.6 Å². The van der Waals surface area contributed by atoms with Crippen LogP contribution in [0.2, 0.25) is 0 Å². The molecule has 1 aliphatic rings. The summed E-state index contributed by atoms with van der Waals surface area (Å²) in [4.78, 5) is 23.6. The highest BCUT2D eigenvalue weighted by atomic mass is 19.1. The predicted molar refractivity (Wildman–Crippen MR) is 109 cm³/mol. The summed E-state index contributed by atoms with van der Waals surface area (Å²) in [5, 5.41) is 8.13. The van der Waals surface area contributed by atoms with Gasteiger partial charge in [-0.25, -0.2) is 14.1 Å². The zero-order valence-corrected chi connectivity index (χ0v) is 16.6. The lowest BCUT2D eigenvalue weighted by atomic mass is 9.97. The Bertz CT molecular complexity index is 1190. The van der Waals surface area contributed by atoms with Gasteiger partial charge in [-0.05, 0) is 43.2 Å². The Morgan fingerprint density at radius 2 is 2.13 bits per heavy atom. The molecular weight excluding hydrogens is 399 g/mol. The Balaban J connectivity index is 1.30. The van der Waals surface area contributed by atoms with E-state index in [0.29, 0.717) is 41.7 Å². The van der Waals surface area contributed by atoms with Gasteiger partial charge in [-0.1, -0.05) is 17.3 Å². The molecule has 8 nitrogen and oxygen atoms in total. The standard InChI is InChI=1S/C22H19FN6O2/c23-18-6-1-4-15(12-18)20-26-21(31-27-20)17-5-2-10-28(14-17)22(30)16-7-8-19(24-13-16)29-11-3-9-25-29/h1,3-4,6-9,11-13,17H,2,5,10,14H2. The summed E-state index contributed by atoms with van der Waals surface area (Å²) < 4.78 is 20.6. The lowest BCUT2D eigenvalue weighted by molar-refractivity contribution is 0.0695. The average Bonchev–Trinajstić information content (AvgIpc) is 3.52. The molecule has 1 aliphatic heterocycles. The van der Waals surface area contributed by atoms with Crippen LogP contribution in [0.3, 0.4) is 0 Å². The summed E-state index contributed by atoms with van der Waals surface area (Å²) in [7, 11) is 0. The summed E-state index contributed by atoms with van der Waals surface area (Å²) in [6.45, 7) is 1.13. The molecule has 0 saturated carbocycles. The minimum Gasteiger partial charge on any atom is -0.339 e. The first-order valence-corrected chi connectivity index (χ1v) is 10.0. The summed E-state index contributed by atoms with van der Waals surface area (Å²) in [6.07, 6.45) is 6.70. The molecule has 0 bridgehead atoms. The predicted octanol–water partition coefficient (Wildman–Crippen LogP) is 3.48. The summed E-state index contributed by atoms with van der Waals surface area (Å²) in [6, 6.07) is 11.4. The van der Waals surface area contributed by atoms with Gasteiger partial charge in [0.25, 0.3) is 5.91 Å². The Morgan fingerprint density at radius 3 is 2.90 bits per heavy atom. The number of piperidine rings is 1. The van der Waals surface area contributed by atoms with Crippen molar-refractivity contribution in [3.8, 4) is 17.2 Å². The van der Waals surface area contributed by atoms with Crippen LogP contribution in [0.1, 0.15) is 35.0 Å². The van der Waals surface area contributed by atoms with E-state index in [9.17, 15) is 9.18 Å². The van der Waals surface area contributed by atoms with Gasteiger partial charge in [0, 0.05) is 37.2 Å². The molecule has 0 radical (unpaired) electrons. The first-order valence-electron chi connectivity index (χ1n) is 10.0. The van der Waals surface area contributed by atoms with Crippen molar-refractivity contribution in [3.63, 3.8) is 0 Å². The molecule has 1 atom stereocenters. The van der Waals surface area contributed by atoms with Crippen molar-refractivity contribution in [3.05, 3.63) is 78.3 Å². The van der Waals surface area contributed by atoms with Crippen LogP contribution < -0.4 is 0 Å². The second-order valence-corrected chi connectivity index (χ2v) is 7.41. The van der Waals surface area contributed by atoms with Crippen LogP contribution in [0.15, 0.2) is 65.6 Å². The molecule has 0 N–H and O–H groups in total. The number of halogens is 1. The van der Waals surface area contributed by atoms with Crippen LogP contribution in [-0.4, -0.2) is 48.8 Å². The van der Waals surface area contributed by atoms with Crippen molar-refractivity contribution < 1.29 is 13.7 Å². The van der Waals surface area contributed by atoms with Gasteiger partial charge in [0.05, 0.1) is 11.5 Å². The molecule has 1 aromatic carbocycles. The van der Waals surface area contributed by atoms with Crippen molar-refractivity contribution in [1.82, 2.24) is 29.8 Å². The number of carbonyl (C=O) groups is 1. The number of pyridine rings is 1. The first kappa shape index (κ1) is 19.1. The highest BCUT2D eigenvalue weighted by Gasteiger charge is 2.29. The molecule has 4 heterocycles. The zero-order valence-electron chi connectivity index (χ0n) is 16.6. The molecule has 9 heteroatoms. The molecule has 1 unspecified atom stereocenters. The highest BCUT2D eigenvalue weighted by molar-refractivity contribution is 5.94. The lowest BCUT2D eigenvalue weighted by Crippen LogP contribution is -2.39. The van der Waals surface area contributed by atoms with E-state index >= 15 is 0 Å². The Kier molecular flexibility index (Phi) is 4.99. The van der Waals surface area contributed by atoms with Gasteiger partial charge < -0.3 is 9.42 Å². The van der Waals surface area contributed by atoms with Gasteiger partial charge in [0.2, 0.25) is 11.7 Å². The highest BCUT2D eigenvalue weighted by Crippen LogP contribution is 2.28. The van der Waals surface area contributed by atoms with Crippen molar-refractivity contribution >= 4 is 5.91 Å². The number of likely N-dealkylation sites (tertiary alicyclic amines) is 1. The van der Waals surface area contributed by atoms with Gasteiger partial charge in [0.15, 0.2) is 5.82 Å². The second kappa shape index (κ2) is 8.10. The number of rotatable bonds is 4. The van der Waals surface area contributed by atoms with Gasteiger partial charge in [-0.3, -0.25) is 4.79 Å². The van der Waals surface area contributed by atoms with E-state index in [1.165, 1.54) is 12.1 Å². The maximum absolute atomic E-state index is 13.5. The molecule has 0 spiro atoms. The van der Waals surface area contributed by atoms with E-state index in [0.717, 1.165) is 12.8 Å². The third-order valence-corrected chi connectivity index (χ3v) is 5.32. The maximum Gasteiger partial charge on any atom is 0.255 e. The van der Waals surface area contributed by atoms with E-state index in [4.69, 9.17) is 4.52 Å². The topological polar surface area (TPSA) is 89.9 Å². The van der Waals surface area contributed by atoms with Gasteiger partial charge in [-0.15, -0.1) is 0 Å². The minimum absolute atomic E-state index is 0.0659. The molecule has 31 heavy (non-hydrogen) atoms. The third kappa shape index (κ3) is 3.94. The fourth-order valence-corrected chi connectivity index (χ4v) is 3.74. The molecule has 1 saturated heterocycles. The fraction of sp³-hybridized carbons (Fsp3) is 0.227. The number of aromatic nitrogens is 5. The van der Waals surface area contributed by atoms with Crippen LogP contribution in [0.25, 0.3) is 17.2 Å². The van der Waals surface area contributed by atoms with Crippen LogP contribution in [-0.2, 0) is 0 Å². The molecular formula is C22H19FN6O2. The summed E-state index contributed by atoms with van der Waals surface area (Å²) in [5.41, 5.74) is 1.07. The number of benzene rings is 1. The largest absolute Gasteiger partial charge is 0.339 e. The molecule has 1 fully saturated rings. The number of nitrogens with zero attached hydrogens (tertiary/aromatic N) is 6. The number of hydrogen-bond acceptors (Lipinski definition) is 6. The van der Waals surface area contributed by atoms with E-state index < -0.39 is 0 Å². The van der Waals surface area contributed by atoms with E-state index in [2.05, 4.69) is 20.2 Å². The van der Waals surface area contributed by atoms with Gasteiger partial charge in [-0.2, -0.15) is 10.1 Å². The van der Waals surface area contributed by atoms with Gasteiger partial charge in [0.1, 0.15) is 5.82 Å². The third-order valence-electron chi connectivity index (χ3n) is 5.32. The Morgan fingerprint density at radius 1 is 1.19 bits per heavy atom. The van der Waals surface area contributed by atoms with Crippen LogP contribution in [0.5, 0.6) is 0 Å². The molecule has 3 aromatic heterocycles. The summed E-state index contributed by atoms with van der Waals surface area (Å²) >= 11 is 0. The fourth-order valence-electron chi connectivity index (χ4n) is 3.74. The van der Waals surface area contributed by atoms with Crippen molar-refractivity contribution in [1.29, 1.82) is 0 Å². The normalized spacial score (nSPS) is 16.4. The van der Waals surface area contributed by atoms with Crippen molar-refractivity contribution in [2.45, 2.75) is 18.8 Å². The van der Waals surface area contributed by atoms with Gasteiger partial charge >= 0.3 is 0 Å². The maximum atomic E-state index is 13.5. The zero-order chi connectivity index (χ0) is 21.2. The van der Waals surface area contributed by atoms with Crippen LogP contribution >= 0.6 is 0 Å². The SMILES string of the molecule is O=C(c1ccc(-n2cccn2)nc1)N1CCCC(c2nc(-c3cccc(F)c3)no2)C1. The molecule has 4 aromatic rings. The second-order valence-electron chi connectivity index (χ2n) is 7.41.